The molecule has 8 heteroatoms. The van der Waals surface area contributed by atoms with Gasteiger partial charge in [0.05, 0.1) is 28.5 Å². The van der Waals surface area contributed by atoms with Gasteiger partial charge in [0.25, 0.3) is 5.56 Å². The van der Waals surface area contributed by atoms with Crippen molar-refractivity contribution in [1.82, 2.24) is 4.57 Å². The average Bonchev–Trinajstić information content (AvgIpc) is 3.04. The highest BCUT2D eigenvalue weighted by atomic mass is 35.5. The third kappa shape index (κ3) is 3.94. The Morgan fingerprint density at radius 3 is 2.65 bits per heavy atom. The van der Waals surface area contributed by atoms with Gasteiger partial charge in [0.15, 0.2) is 4.80 Å². The lowest BCUT2D eigenvalue weighted by molar-refractivity contribution is -0.139. The number of halogens is 1. The predicted octanol–water partition coefficient (Wildman–Crippen LogP) is 3.16. The minimum atomic E-state index is -0.718. The summed E-state index contributed by atoms with van der Waals surface area (Å²) < 4.78 is 7.21. The number of hydrogen-bond acceptors (Lipinski definition) is 6. The number of carbonyl (C=O) groups excluding carboxylic acids is 1. The number of benzene rings is 2. The molecule has 1 aliphatic rings. The molecule has 0 spiro atoms. The number of ether oxygens (including phenoxy) is 1. The van der Waals surface area contributed by atoms with E-state index in [0.29, 0.717) is 31.2 Å². The maximum absolute atomic E-state index is 13.4. The topological polar surface area (TPSA) is 80.9 Å². The second kappa shape index (κ2) is 8.53. The number of esters is 1. The number of hydrogen-bond donors (Lipinski definition) is 1. The highest BCUT2D eigenvalue weighted by Gasteiger charge is 2.33. The molecule has 0 radical (unpaired) electrons. The third-order valence-corrected chi connectivity index (χ3v) is 6.24. The lowest BCUT2D eigenvalue weighted by atomic mass is 9.96. The Kier molecular flexibility index (Phi) is 5.80. The van der Waals surface area contributed by atoms with Gasteiger partial charge < -0.3 is 9.84 Å². The van der Waals surface area contributed by atoms with Crippen LogP contribution in [0.1, 0.15) is 31.0 Å². The van der Waals surface area contributed by atoms with Crippen molar-refractivity contribution in [1.29, 1.82) is 0 Å². The van der Waals surface area contributed by atoms with Crippen LogP contribution in [0.15, 0.2) is 69.6 Å². The maximum atomic E-state index is 13.4. The minimum Gasteiger partial charge on any atom is -0.508 e. The predicted molar refractivity (Wildman–Crippen MR) is 120 cm³/mol. The molecule has 0 aliphatic carbocycles. The summed E-state index contributed by atoms with van der Waals surface area (Å²) in [5, 5.41) is 10.2. The first kappa shape index (κ1) is 21.1. The average molecular weight is 455 g/mol. The van der Waals surface area contributed by atoms with E-state index >= 15 is 0 Å². The van der Waals surface area contributed by atoms with Gasteiger partial charge in [-0.05, 0) is 49.2 Å². The standard InChI is InChI=1S/C23H19ClN2O4S/c1-3-30-22(29)19-13(2)25-23-26(20(19)14-8-10-16(27)11-9-14)21(28)18(31-23)12-15-6-4-5-7-17(15)24/h4-12,20,27H,3H2,1-2H3/b18-12+/t20-/m0/s1. The molecule has 0 fully saturated rings. The molecule has 0 bridgehead atoms. The number of allylic oxidation sites excluding steroid dienone is 1. The van der Waals surface area contributed by atoms with Gasteiger partial charge in [-0.1, -0.05) is 53.3 Å². The largest absolute Gasteiger partial charge is 0.508 e. The number of phenolic OH excluding ortho intramolecular Hbond substituents is 1. The van der Waals surface area contributed by atoms with E-state index < -0.39 is 12.0 Å². The van der Waals surface area contributed by atoms with Crippen LogP contribution in [0.25, 0.3) is 6.08 Å². The van der Waals surface area contributed by atoms with E-state index in [9.17, 15) is 14.7 Å². The number of aromatic hydroxyl groups is 1. The molecule has 2 heterocycles. The lowest BCUT2D eigenvalue weighted by Crippen LogP contribution is -2.39. The Morgan fingerprint density at radius 2 is 1.97 bits per heavy atom. The summed E-state index contributed by atoms with van der Waals surface area (Å²) in [7, 11) is 0. The zero-order valence-electron chi connectivity index (χ0n) is 16.8. The monoisotopic (exact) mass is 454 g/mol. The molecule has 3 aromatic rings. The van der Waals surface area contributed by atoms with Gasteiger partial charge in [-0.15, -0.1) is 0 Å². The molecule has 31 heavy (non-hydrogen) atoms. The summed E-state index contributed by atoms with van der Waals surface area (Å²) >= 11 is 7.50. The van der Waals surface area contributed by atoms with Crippen LogP contribution in [0, 0.1) is 0 Å². The normalized spacial score (nSPS) is 16.1. The molecule has 0 amide bonds. The molecule has 0 saturated carbocycles. The molecular weight excluding hydrogens is 436 g/mol. The van der Waals surface area contributed by atoms with Gasteiger partial charge in [-0.2, -0.15) is 0 Å². The van der Waals surface area contributed by atoms with Gasteiger partial charge in [0.1, 0.15) is 5.75 Å². The Morgan fingerprint density at radius 1 is 1.26 bits per heavy atom. The Hall–Kier alpha value is -3.16. The zero-order chi connectivity index (χ0) is 22.1. The van der Waals surface area contributed by atoms with Crippen LogP contribution in [-0.4, -0.2) is 22.2 Å². The Bertz CT molecular complexity index is 1370. The molecule has 6 nitrogen and oxygen atoms in total. The second-order valence-corrected chi connectivity index (χ2v) is 8.33. The van der Waals surface area contributed by atoms with Crippen molar-refractivity contribution < 1.29 is 14.6 Å². The van der Waals surface area contributed by atoms with Gasteiger partial charge in [-0.25, -0.2) is 9.79 Å². The summed E-state index contributed by atoms with van der Waals surface area (Å²) in [6, 6.07) is 12.9. The van der Waals surface area contributed by atoms with Crippen LogP contribution in [-0.2, 0) is 9.53 Å². The SMILES string of the molecule is CCOC(=O)C1=C(C)N=c2s/c(=C/c3ccccc3Cl)c(=O)n2[C@H]1c1ccc(O)cc1. The van der Waals surface area contributed by atoms with Crippen molar-refractivity contribution in [2.75, 3.05) is 6.61 Å². The van der Waals surface area contributed by atoms with Crippen molar-refractivity contribution >= 4 is 35.0 Å². The molecule has 1 aromatic heterocycles. The molecule has 1 atom stereocenters. The number of thiazole rings is 1. The van der Waals surface area contributed by atoms with E-state index in [-0.39, 0.29) is 17.9 Å². The van der Waals surface area contributed by atoms with Crippen molar-refractivity contribution in [3.63, 3.8) is 0 Å². The summed E-state index contributed by atoms with van der Waals surface area (Å²) in [6.07, 6.45) is 1.73. The zero-order valence-corrected chi connectivity index (χ0v) is 18.4. The molecule has 158 valence electrons. The smallest absolute Gasteiger partial charge is 0.338 e. The van der Waals surface area contributed by atoms with E-state index in [0.717, 1.165) is 5.56 Å². The number of fused-ring (bicyclic) bond motifs is 1. The molecule has 4 rings (SSSR count). The number of nitrogens with zero attached hydrogens (tertiary/aromatic N) is 2. The number of rotatable bonds is 4. The van der Waals surface area contributed by atoms with Crippen molar-refractivity contribution in [3.8, 4) is 5.75 Å². The molecule has 1 aliphatic heterocycles. The fourth-order valence-corrected chi connectivity index (χ4v) is 4.72. The van der Waals surface area contributed by atoms with Gasteiger partial charge >= 0.3 is 5.97 Å². The molecule has 2 aromatic carbocycles. The summed E-state index contributed by atoms with van der Waals surface area (Å²) in [5.74, 6) is -0.435. The van der Waals surface area contributed by atoms with Crippen LogP contribution in [0.5, 0.6) is 5.75 Å². The summed E-state index contributed by atoms with van der Waals surface area (Å²) in [4.78, 5) is 31.2. The maximum Gasteiger partial charge on any atom is 0.338 e. The quantitative estimate of drug-likeness (QED) is 0.614. The lowest BCUT2D eigenvalue weighted by Gasteiger charge is -2.24. The molecule has 0 unspecified atom stereocenters. The van der Waals surface area contributed by atoms with Crippen LogP contribution < -0.4 is 14.9 Å². The molecule has 0 saturated heterocycles. The first-order valence-electron chi connectivity index (χ1n) is 9.64. The fourth-order valence-electron chi connectivity index (χ4n) is 3.50. The first-order valence-corrected chi connectivity index (χ1v) is 10.8. The van der Waals surface area contributed by atoms with Crippen LogP contribution in [0.3, 0.4) is 0 Å². The van der Waals surface area contributed by atoms with Crippen LogP contribution in [0.4, 0.5) is 0 Å². The number of aromatic nitrogens is 1. The van der Waals surface area contributed by atoms with Gasteiger partial charge in [-0.3, -0.25) is 9.36 Å². The first-order chi connectivity index (χ1) is 14.9. The number of phenols is 1. The van der Waals surface area contributed by atoms with E-state index in [1.54, 1.807) is 38.1 Å². The third-order valence-electron chi connectivity index (χ3n) is 4.92. The van der Waals surface area contributed by atoms with Crippen LogP contribution >= 0.6 is 22.9 Å². The van der Waals surface area contributed by atoms with Gasteiger partial charge in [0.2, 0.25) is 0 Å². The van der Waals surface area contributed by atoms with Gasteiger partial charge in [0, 0.05) is 5.02 Å². The highest BCUT2D eigenvalue weighted by Crippen LogP contribution is 2.31. The molecular formula is C23H19ClN2O4S. The van der Waals surface area contributed by atoms with Crippen LogP contribution in [0.2, 0.25) is 5.02 Å². The highest BCUT2D eigenvalue weighted by molar-refractivity contribution is 7.07. The van der Waals surface area contributed by atoms with E-state index in [4.69, 9.17) is 16.3 Å². The van der Waals surface area contributed by atoms with Crippen molar-refractivity contribution in [2.24, 2.45) is 4.99 Å². The minimum absolute atomic E-state index is 0.0910. The molecule has 1 N–H and O–H groups in total. The Balaban J connectivity index is 1.97. The fraction of sp³-hybridized carbons (Fsp3) is 0.174. The van der Waals surface area contributed by atoms with E-state index in [1.165, 1.54) is 28.0 Å². The van der Waals surface area contributed by atoms with E-state index in [1.807, 2.05) is 18.2 Å². The number of carbonyl (C=O) groups is 1. The summed E-state index contributed by atoms with van der Waals surface area (Å²) in [6.45, 7) is 3.65. The summed E-state index contributed by atoms with van der Waals surface area (Å²) in [5.41, 5.74) is 1.89. The van der Waals surface area contributed by atoms with Crippen molar-refractivity contribution in [2.45, 2.75) is 19.9 Å². The second-order valence-electron chi connectivity index (χ2n) is 6.92. The van der Waals surface area contributed by atoms with E-state index in [2.05, 4.69) is 4.99 Å². The van der Waals surface area contributed by atoms with Crippen molar-refractivity contribution in [3.05, 3.63) is 95.6 Å². The Labute approximate surface area is 187 Å².